The molecule has 1 heterocycles. The van der Waals surface area contributed by atoms with E-state index in [2.05, 4.69) is 9.97 Å². The number of anilines is 1. The molecular weight excluding hydrogens is 270 g/mol. The van der Waals surface area contributed by atoms with Crippen molar-refractivity contribution in [1.82, 2.24) is 9.97 Å². The Kier molecular flexibility index (Phi) is 3.63. The van der Waals surface area contributed by atoms with Crippen LogP contribution in [-0.2, 0) is 10.0 Å². The van der Waals surface area contributed by atoms with E-state index >= 15 is 0 Å². The second kappa shape index (κ2) is 5.03. The fourth-order valence-electron chi connectivity index (χ4n) is 1.55. The third-order valence-corrected chi connectivity index (χ3v) is 5.02. The first-order valence-electron chi connectivity index (χ1n) is 5.17. The van der Waals surface area contributed by atoms with Crippen molar-refractivity contribution in [3.63, 3.8) is 0 Å². The number of aromatic nitrogens is 2. The molecule has 0 atom stereocenters. The molecule has 0 unspecified atom stereocenters. The van der Waals surface area contributed by atoms with Gasteiger partial charge in [-0.05, 0) is 18.4 Å². The predicted molar refractivity (Wildman–Crippen MR) is 72.4 cm³/mol. The normalized spacial score (nSPS) is 11.4. The van der Waals surface area contributed by atoms with Crippen molar-refractivity contribution < 1.29 is 8.42 Å². The molecule has 2 aromatic rings. The molecule has 7 heteroatoms. The molecule has 0 saturated carbocycles. The summed E-state index contributed by atoms with van der Waals surface area (Å²) in [7, 11) is -2.05. The third-order valence-electron chi connectivity index (χ3n) is 2.54. The Balaban J connectivity index is 2.46. The molecule has 0 saturated heterocycles. The van der Waals surface area contributed by atoms with E-state index in [4.69, 9.17) is 0 Å². The van der Waals surface area contributed by atoms with Crippen LogP contribution < -0.4 is 4.31 Å². The number of benzene rings is 1. The maximum Gasteiger partial charge on any atom is 0.281 e. The van der Waals surface area contributed by atoms with Crippen LogP contribution in [-0.4, -0.2) is 31.7 Å². The van der Waals surface area contributed by atoms with Gasteiger partial charge in [0.05, 0.1) is 18.2 Å². The maximum atomic E-state index is 12.3. The van der Waals surface area contributed by atoms with E-state index in [0.717, 1.165) is 4.90 Å². The Morgan fingerprint density at radius 3 is 2.67 bits per heavy atom. The lowest BCUT2D eigenvalue weighted by Crippen LogP contribution is -2.27. The Morgan fingerprint density at radius 1 is 1.33 bits per heavy atom. The van der Waals surface area contributed by atoms with Crippen molar-refractivity contribution in [2.24, 2.45) is 0 Å². The lowest BCUT2D eigenvalue weighted by molar-refractivity contribution is 0.591. The molecule has 0 spiro atoms. The summed E-state index contributed by atoms with van der Waals surface area (Å²) < 4.78 is 25.9. The average Bonchev–Trinajstić information content (AvgIpc) is 2.92. The van der Waals surface area contributed by atoms with Gasteiger partial charge in [0.2, 0.25) is 0 Å². The van der Waals surface area contributed by atoms with Crippen LogP contribution in [0, 0.1) is 0 Å². The summed E-state index contributed by atoms with van der Waals surface area (Å²) in [6.07, 6.45) is 4.56. The van der Waals surface area contributed by atoms with Crippen LogP contribution >= 0.6 is 11.8 Å². The zero-order valence-electron chi connectivity index (χ0n) is 9.99. The van der Waals surface area contributed by atoms with E-state index in [0.29, 0.717) is 5.69 Å². The first kappa shape index (κ1) is 13.0. The monoisotopic (exact) mass is 283 g/mol. The number of hydrogen-bond acceptors (Lipinski definition) is 4. The first-order chi connectivity index (χ1) is 8.57. The van der Waals surface area contributed by atoms with Crippen LogP contribution in [0.1, 0.15) is 0 Å². The Hall–Kier alpha value is -1.47. The van der Waals surface area contributed by atoms with Crippen LogP contribution in [0.15, 0.2) is 46.7 Å². The highest BCUT2D eigenvalue weighted by molar-refractivity contribution is 7.99. The van der Waals surface area contributed by atoms with Gasteiger partial charge in [-0.25, -0.2) is 4.98 Å². The highest BCUT2D eigenvalue weighted by Crippen LogP contribution is 2.30. The highest BCUT2D eigenvalue weighted by atomic mass is 32.2. The zero-order valence-corrected chi connectivity index (χ0v) is 11.6. The molecule has 0 aliphatic rings. The SMILES string of the molecule is CSc1ccccc1N(C)S(=O)(=O)c1cnc[nH]1. The van der Waals surface area contributed by atoms with Gasteiger partial charge in [0, 0.05) is 11.9 Å². The van der Waals surface area contributed by atoms with Gasteiger partial charge < -0.3 is 4.98 Å². The van der Waals surface area contributed by atoms with Gasteiger partial charge in [0.1, 0.15) is 0 Å². The summed E-state index contributed by atoms with van der Waals surface area (Å²) in [5.74, 6) is 0. The fraction of sp³-hybridized carbons (Fsp3) is 0.182. The van der Waals surface area contributed by atoms with Crippen molar-refractivity contribution in [1.29, 1.82) is 0 Å². The lowest BCUT2D eigenvalue weighted by Gasteiger charge is -2.20. The molecule has 0 aliphatic carbocycles. The first-order valence-corrected chi connectivity index (χ1v) is 7.84. The maximum absolute atomic E-state index is 12.3. The number of hydrogen-bond donors (Lipinski definition) is 1. The highest BCUT2D eigenvalue weighted by Gasteiger charge is 2.24. The molecule has 18 heavy (non-hydrogen) atoms. The summed E-state index contributed by atoms with van der Waals surface area (Å²) in [6.45, 7) is 0. The van der Waals surface area contributed by atoms with Crippen LogP contribution in [0.3, 0.4) is 0 Å². The Labute approximate surface area is 110 Å². The molecule has 0 bridgehead atoms. The summed E-state index contributed by atoms with van der Waals surface area (Å²) in [5, 5.41) is 0.0842. The van der Waals surface area contributed by atoms with E-state index in [-0.39, 0.29) is 5.03 Å². The standard InChI is InChI=1S/C11H13N3O2S2/c1-14(9-5-3-4-6-10(9)17-2)18(15,16)11-7-12-8-13-11/h3-8H,1-2H3,(H,12,13). The van der Waals surface area contributed by atoms with Crippen molar-refractivity contribution in [2.75, 3.05) is 17.6 Å². The predicted octanol–water partition coefficient (Wildman–Crippen LogP) is 1.96. The number of thioether (sulfide) groups is 1. The third kappa shape index (κ3) is 2.23. The van der Waals surface area contributed by atoms with Crippen molar-refractivity contribution in [2.45, 2.75) is 9.92 Å². The average molecular weight is 283 g/mol. The lowest BCUT2D eigenvalue weighted by atomic mass is 10.3. The molecule has 0 amide bonds. The number of nitrogens with one attached hydrogen (secondary N) is 1. The van der Waals surface area contributed by atoms with E-state index in [1.807, 2.05) is 24.5 Å². The second-order valence-electron chi connectivity index (χ2n) is 3.56. The number of para-hydroxylation sites is 1. The van der Waals surface area contributed by atoms with Crippen molar-refractivity contribution >= 4 is 27.5 Å². The van der Waals surface area contributed by atoms with Crippen LogP contribution in [0.4, 0.5) is 5.69 Å². The van der Waals surface area contributed by atoms with Gasteiger partial charge in [-0.1, -0.05) is 12.1 Å². The van der Waals surface area contributed by atoms with Crippen LogP contribution in [0.5, 0.6) is 0 Å². The number of nitrogens with zero attached hydrogens (tertiary/aromatic N) is 2. The van der Waals surface area contributed by atoms with Gasteiger partial charge >= 0.3 is 0 Å². The van der Waals surface area contributed by atoms with Crippen LogP contribution in [0.25, 0.3) is 0 Å². The van der Waals surface area contributed by atoms with Gasteiger partial charge in [0.25, 0.3) is 10.0 Å². The van der Waals surface area contributed by atoms with Crippen molar-refractivity contribution in [3.05, 3.63) is 36.8 Å². The molecule has 96 valence electrons. The van der Waals surface area contributed by atoms with Crippen LogP contribution in [0.2, 0.25) is 0 Å². The Bertz CT molecular complexity index is 623. The molecule has 0 fully saturated rings. The van der Waals surface area contributed by atoms with E-state index in [1.54, 1.807) is 6.07 Å². The second-order valence-corrected chi connectivity index (χ2v) is 6.35. The van der Waals surface area contributed by atoms with Crippen molar-refractivity contribution in [3.8, 4) is 0 Å². The Morgan fingerprint density at radius 2 is 2.06 bits per heavy atom. The molecule has 0 aliphatic heterocycles. The smallest absolute Gasteiger partial charge is 0.281 e. The van der Waals surface area contributed by atoms with Gasteiger partial charge in [-0.15, -0.1) is 11.8 Å². The topological polar surface area (TPSA) is 66.1 Å². The summed E-state index contributed by atoms with van der Waals surface area (Å²) in [6, 6.07) is 7.36. The summed E-state index contributed by atoms with van der Waals surface area (Å²) in [4.78, 5) is 7.26. The number of sulfonamides is 1. The number of rotatable bonds is 4. The molecule has 1 N–H and O–H groups in total. The molecule has 1 aromatic heterocycles. The van der Waals surface area contributed by atoms with E-state index in [9.17, 15) is 8.42 Å². The number of imidazole rings is 1. The quantitative estimate of drug-likeness (QED) is 0.871. The summed E-state index contributed by atoms with van der Waals surface area (Å²) in [5.41, 5.74) is 0.652. The number of H-pyrrole nitrogens is 1. The minimum absolute atomic E-state index is 0.0842. The molecule has 2 rings (SSSR count). The van der Waals surface area contributed by atoms with Gasteiger partial charge in [-0.2, -0.15) is 8.42 Å². The molecule has 0 radical (unpaired) electrons. The van der Waals surface area contributed by atoms with E-state index < -0.39 is 10.0 Å². The van der Waals surface area contributed by atoms with Gasteiger partial charge in [0.15, 0.2) is 5.03 Å². The van der Waals surface area contributed by atoms with Gasteiger partial charge in [-0.3, -0.25) is 4.31 Å². The zero-order chi connectivity index (χ0) is 13.2. The molecular formula is C11H13N3O2S2. The number of aromatic amines is 1. The minimum atomic E-state index is -3.58. The largest absolute Gasteiger partial charge is 0.334 e. The molecule has 1 aromatic carbocycles. The molecule has 5 nitrogen and oxygen atoms in total. The van der Waals surface area contributed by atoms with E-state index in [1.165, 1.54) is 35.6 Å². The fourth-order valence-corrected chi connectivity index (χ4v) is 3.35. The minimum Gasteiger partial charge on any atom is -0.334 e. The summed E-state index contributed by atoms with van der Waals surface area (Å²) >= 11 is 1.51.